The number of fused-ring (bicyclic) bond motifs is 2. The molecule has 0 radical (unpaired) electrons. The van der Waals surface area contributed by atoms with Gasteiger partial charge < -0.3 is 19.5 Å². The smallest absolute Gasteiger partial charge is 0.334 e. The molecule has 3 heterocycles. The molecule has 0 aromatic rings. The second-order valence-electron chi connectivity index (χ2n) is 5.73. The minimum atomic E-state index is -1.01. The fourth-order valence-corrected chi connectivity index (χ4v) is 3.40. The van der Waals surface area contributed by atoms with E-state index in [1.807, 2.05) is 0 Å². The van der Waals surface area contributed by atoms with Crippen LogP contribution >= 0.6 is 0 Å². The molecular weight excluding hydrogens is 250 g/mol. The maximum absolute atomic E-state index is 12.5. The van der Waals surface area contributed by atoms with E-state index in [9.17, 15) is 9.59 Å². The number of carbonyl (C=O) groups is 2. The van der Waals surface area contributed by atoms with E-state index >= 15 is 0 Å². The van der Waals surface area contributed by atoms with Gasteiger partial charge in [0.05, 0.1) is 30.8 Å². The third kappa shape index (κ3) is 2.34. The molecule has 3 aliphatic rings. The summed E-state index contributed by atoms with van der Waals surface area (Å²) < 4.78 is 11.0. The molecule has 3 aliphatic heterocycles. The lowest BCUT2D eigenvalue weighted by atomic mass is 9.88. The highest BCUT2D eigenvalue weighted by Crippen LogP contribution is 2.39. The van der Waals surface area contributed by atoms with E-state index in [4.69, 9.17) is 14.6 Å². The van der Waals surface area contributed by atoms with Crippen molar-refractivity contribution in [2.75, 3.05) is 13.1 Å². The maximum atomic E-state index is 12.5. The molecule has 1 amide bonds. The van der Waals surface area contributed by atoms with Crippen molar-refractivity contribution in [1.29, 1.82) is 0 Å². The van der Waals surface area contributed by atoms with E-state index < -0.39 is 12.1 Å². The average Bonchev–Trinajstić information content (AvgIpc) is 2.99. The first-order valence-electron chi connectivity index (χ1n) is 6.87. The number of hydrogen-bond donors (Lipinski definition) is 1. The second kappa shape index (κ2) is 4.76. The van der Waals surface area contributed by atoms with Crippen molar-refractivity contribution in [3.8, 4) is 0 Å². The quantitative estimate of drug-likeness (QED) is 0.778. The zero-order chi connectivity index (χ0) is 13.6. The molecule has 4 unspecified atom stereocenters. The molecule has 0 spiro atoms. The second-order valence-corrected chi connectivity index (χ2v) is 5.73. The number of carbonyl (C=O) groups excluding carboxylic acids is 1. The van der Waals surface area contributed by atoms with Crippen molar-refractivity contribution in [2.24, 2.45) is 5.92 Å². The van der Waals surface area contributed by atoms with Gasteiger partial charge in [0, 0.05) is 6.54 Å². The molecule has 3 saturated heterocycles. The number of rotatable bonds is 2. The summed E-state index contributed by atoms with van der Waals surface area (Å²) in [5.74, 6) is -1.05. The molecule has 6 nitrogen and oxygen atoms in total. The third-order valence-electron chi connectivity index (χ3n) is 4.27. The minimum absolute atomic E-state index is 0.0357. The van der Waals surface area contributed by atoms with Crippen LogP contribution in [0.15, 0.2) is 0 Å². The molecule has 1 N–H and O–H groups in total. The van der Waals surface area contributed by atoms with Gasteiger partial charge in [-0.3, -0.25) is 4.79 Å². The van der Waals surface area contributed by atoms with Crippen molar-refractivity contribution in [3.05, 3.63) is 0 Å². The first-order valence-corrected chi connectivity index (χ1v) is 6.87. The summed E-state index contributed by atoms with van der Waals surface area (Å²) in [5, 5.41) is 9.04. The van der Waals surface area contributed by atoms with E-state index in [2.05, 4.69) is 0 Å². The molecule has 0 aromatic heterocycles. The zero-order valence-corrected chi connectivity index (χ0v) is 10.9. The maximum Gasteiger partial charge on any atom is 0.334 e. The Morgan fingerprint density at radius 3 is 2.58 bits per heavy atom. The monoisotopic (exact) mass is 269 g/mol. The fourth-order valence-electron chi connectivity index (χ4n) is 3.40. The van der Waals surface area contributed by atoms with Gasteiger partial charge in [0.15, 0.2) is 6.10 Å². The van der Waals surface area contributed by atoms with Crippen LogP contribution in [0.3, 0.4) is 0 Å². The third-order valence-corrected chi connectivity index (χ3v) is 4.27. The van der Waals surface area contributed by atoms with Crippen LogP contribution in [-0.2, 0) is 19.1 Å². The van der Waals surface area contributed by atoms with E-state index in [0.717, 1.165) is 19.3 Å². The predicted octanol–water partition coefficient (Wildman–Crippen LogP) is 0.254. The number of nitrogens with zero attached hydrogens (tertiary/aromatic N) is 1. The number of amides is 1. The van der Waals surface area contributed by atoms with Gasteiger partial charge in [-0.25, -0.2) is 4.79 Å². The van der Waals surface area contributed by atoms with Crippen LogP contribution in [0.25, 0.3) is 0 Å². The summed E-state index contributed by atoms with van der Waals surface area (Å²) in [4.78, 5) is 25.2. The first kappa shape index (κ1) is 12.9. The van der Waals surface area contributed by atoms with E-state index in [-0.39, 0.29) is 36.7 Å². The van der Waals surface area contributed by atoms with Gasteiger partial charge >= 0.3 is 5.97 Å². The van der Waals surface area contributed by atoms with Gasteiger partial charge in [0.2, 0.25) is 5.91 Å². The fraction of sp³-hybridized carbons (Fsp3) is 0.846. The number of carboxylic acids is 1. The predicted molar refractivity (Wildman–Crippen MR) is 64.6 cm³/mol. The van der Waals surface area contributed by atoms with E-state index in [1.54, 1.807) is 11.8 Å². The van der Waals surface area contributed by atoms with Crippen LogP contribution in [0.4, 0.5) is 0 Å². The van der Waals surface area contributed by atoms with Gasteiger partial charge in [-0.1, -0.05) is 0 Å². The van der Waals surface area contributed by atoms with Gasteiger partial charge in [-0.15, -0.1) is 0 Å². The Hall–Kier alpha value is -1.14. The summed E-state index contributed by atoms with van der Waals surface area (Å²) in [6.07, 6.45) is 1.90. The lowest BCUT2D eigenvalue weighted by molar-refractivity contribution is -0.168. The number of carboxylic acid groups (broad SMARTS) is 1. The summed E-state index contributed by atoms with van der Waals surface area (Å²) in [7, 11) is 0. The highest BCUT2D eigenvalue weighted by atomic mass is 16.5. The summed E-state index contributed by atoms with van der Waals surface area (Å²) in [6, 6.07) is 0. The molecule has 0 aliphatic carbocycles. The van der Waals surface area contributed by atoms with Crippen molar-refractivity contribution in [3.63, 3.8) is 0 Å². The Kier molecular flexibility index (Phi) is 3.22. The molecule has 2 bridgehead atoms. The molecule has 5 atom stereocenters. The number of aliphatic carboxylic acids is 1. The molecule has 0 aromatic carbocycles. The molecule has 3 rings (SSSR count). The Labute approximate surface area is 111 Å². The number of morpholine rings is 1. The minimum Gasteiger partial charge on any atom is -0.479 e. The van der Waals surface area contributed by atoms with Gasteiger partial charge in [0.25, 0.3) is 0 Å². The van der Waals surface area contributed by atoms with Crippen LogP contribution in [0.1, 0.15) is 26.2 Å². The normalized spacial score (nSPS) is 41.5. The van der Waals surface area contributed by atoms with E-state index in [0.29, 0.717) is 6.54 Å². The molecular formula is C13H19NO5. The molecule has 106 valence electrons. The SMILES string of the molecule is C[C@@H]1CN(C(=O)C2CC3CCC2O3)CC(C(=O)O)O1. The number of ether oxygens (including phenoxy) is 2. The Balaban J connectivity index is 1.67. The molecule has 3 fully saturated rings. The van der Waals surface area contributed by atoms with Crippen LogP contribution in [0.2, 0.25) is 0 Å². The first-order chi connectivity index (χ1) is 9.04. The highest BCUT2D eigenvalue weighted by molar-refractivity contribution is 5.81. The van der Waals surface area contributed by atoms with Crippen LogP contribution < -0.4 is 0 Å². The van der Waals surface area contributed by atoms with Crippen LogP contribution in [-0.4, -0.2) is 59.4 Å². The van der Waals surface area contributed by atoms with Crippen LogP contribution in [0.5, 0.6) is 0 Å². The average molecular weight is 269 g/mol. The summed E-state index contributed by atoms with van der Waals surface area (Å²) in [5.41, 5.74) is 0. The largest absolute Gasteiger partial charge is 0.479 e. The van der Waals surface area contributed by atoms with Gasteiger partial charge in [0.1, 0.15) is 0 Å². The molecule has 0 saturated carbocycles. The highest BCUT2D eigenvalue weighted by Gasteiger charge is 2.47. The Bertz CT molecular complexity index is 398. The topological polar surface area (TPSA) is 76.1 Å². The molecule has 6 heteroatoms. The van der Waals surface area contributed by atoms with Crippen molar-refractivity contribution in [1.82, 2.24) is 4.90 Å². The van der Waals surface area contributed by atoms with Crippen molar-refractivity contribution >= 4 is 11.9 Å². The lowest BCUT2D eigenvalue weighted by Crippen LogP contribution is -2.54. The standard InChI is InChI=1S/C13H19NO5/c1-7-5-14(6-11(18-7)13(16)17)12(15)9-4-8-2-3-10(9)19-8/h7-11H,2-6H2,1H3,(H,16,17)/t7-,8?,9?,10?,11?/m1/s1. The van der Waals surface area contributed by atoms with Crippen LogP contribution in [0, 0.1) is 5.92 Å². The van der Waals surface area contributed by atoms with Gasteiger partial charge in [-0.05, 0) is 26.2 Å². The van der Waals surface area contributed by atoms with E-state index in [1.165, 1.54) is 0 Å². The Morgan fingerprint density at radius 2 is 2.00 bits per heavy atom. The lowest BCUT2D eigenvalue weighted by Gasteiger charge is -2.37. The number of hydrogen-bond acceptors (Lipinski definition) is 4. The van der Waals surface area contributed by atoms with Crippen molar-refractivity contribution in [2.45, 2.75) is 50.6 Å². The zero-order valence-electron chi connectivity index (χ0n) is 10.9. The Morgan fingerprint density at radius 1 is 1.21 bits per heavy atom. The van der Waals surface area contributed by atoms with Gasteiger partial charge in [-0.2, -0.15) is 0 Å². The van der Waals surface area contributed by atoms with Crippen molar-refractivity contribution < 1.29 is 24.2 Å². The molecule has 19 heavy (non-hydrogen) atoms. The summed E-state index contributed by atoms with van der Waals surface area (Å²) in [6.45, 7) is 2.41. The summed E-state index contributed by atoms with van der Waals surface area (Å²) >= 11 is 0.